The zero-order valence-electron chi connectivity index (χ0n) is 13.0. The fraction of sp³-hybridized carbons (Fsp3) is 0.412. The van der Waals surface area contributed by atoms with Gasteiger partial charge in [-0.05, 0) is 31.9 Å². The number of nitrogens with one attached hydrogen (secondary N) is 1. The van der Waals surface area contributed by atoms with Crippen LogP contribution in [0.5, 0.6) is 0 Å². The second-order valence-electron chi connectivity index (χ2n) is 5.34. The predicted octanol–water partition coefficient (Wildman–Crippen LogP) is 3.16. The maximum atomic E-state index is 12.1. The zero-order valence-corrected chi connectivity index (χ0v) is 13.0. The van der Waals surface area contributed by atoms with Crippen LogP contribution in [0.25, 0.3) is 0 Å². The number of hydrogen-bond acceptors (Lipinski definition) is 2. The molecule has 0 aliphatic heterocycles. The van der Waals surface area contributed by atoms with E-state index < -0.39 is 0 Å². The smallest absolute Gasteiger partial charge is 0.222 e. The Morgan fingerprint density at radius 2 is 2.00 bits per heavy atom. The number of carbonyl (C=O) groups excluding carboxylic acids is 1. The molecule has 0 unspecified atom stereocenters. The highest BCUT2D eigenvalue weighted by atomic mass is 16.1. The fourth-order valence-electron chi connectivity index (χ4n) is 2.48. The molecule has 0 saturated carbocycles. The summed E-state index contributed by atoms with van der Waals surface area (Å²) in [6.07, 6.45) is 1.33. The Labute approximate surface area is 126 Å². The monoisotopic (exact) mass is 285 g/mol. The fourth-order valence-corrected chi connectivity index (χ4v) is 2.48. The number of hydrogen-bond donors (Lipinski definition) is 1. The maximum Gasteiger partial charge on any atom is 0.222 e. The van der Waals surface area contributed by atoms with Crippen LogP contribution in [0.15, 0.2) is 36.4 Å². The van der Waals surface area contributed by atoms with E-state index in [1.807, 2.05) is 42.8 Å². The molecule has 2 aromatic rings. The van der Waals surface area contributed by atoms with Gasteiger partial charge >= 0.3 is 0 Å². The molecule has 1 amide bonds. The van der Waals surface area contributed by atoms with Crippen molar-refractivity contribution in [3.63, 3.8) is 0 Å². The van der Waals surface area contributed by atoms with Gasteiger partial charge in [0.1, 0.15) is 0 Å². The summed E-state index contributed by atoms with van der Waals surface area (Å²) in [6, 6.07) is 12.2. The molecule has 0 fully saturated rings. The third-order valence-electron chi connectivity index (χ3n) is 3.60. The Bertz CT molecular complexity index is 589. The van der Waals surface area contributed by atoms with E-state index in [2.05, 4.69) is 29.5 Å². The molecule has 112 valence electrons. The van der Waals surface area contributed by atoms with Crippen molar-refractivity contribution in [1.82, 2.24) is 15.1 Å². The molecule has 1 N–H and O–H groups in total. The number of nitrogens with zero attached hydrogens (tertiary/aromatic N) is 2. The second kappa shape index (κ2) is 7.07. The summed E-state index contributed by atoms with van der Waals surface area (Å²) in [6.45, 7) is 6.68. The number of rotatable bonds is 6. The summed E-state index contributed by atoms with van der Waals surface area (Å²) in [5, 5.41) is 7.48. The minimum absolute atomic E-state index is 0.0678. The van der Waals surface area contributed by atoms with Gasteiger partial charge in [0.05, 0.1) is 11.7 Å². The summed E-state index contributed by atoms with van der Waals surface area (Å²) in [5.41, 5.74) is 3.23. The zero-order chi connectivity index (χ0) is 15.2. The first-order valence-corrected chi connectivity index (χ1v) is 7.45. The summed E-state index contributed by atoms with van der Waals surface area (Å²) in [5.74, 6) is 0.0678. The van der Waals surface area contributed by atoms with Gasteiger partial charge < -0.3 is 5.32 Å². The molecule has 0 spiro atoms. The molecule has 0 aliphatic carbocycles. The Balaban J connectivity index is 1.90. The van der Waals surface area contributed by atoms with Crippen LogP contribution in [0.3, 0.4) is 0 Å². The van der Waals surface area contributed by atoms with Crippen molar-refractivity contribution in [1.29, 1.82) is 0 Å². The molecular formula is C17H23N3O. The second-order valence-corrected chi connectivity index (χ2v) is 5.34. The number of amides is 1. The molecule has 1 aromatic heterocycles. The van der Waals surface area contributed by atoms with Gasteiger partial charge in [-0.1, -0.05) is 37.3 Å². The van der Waals surface area contributed by atoms with Crippen molar-refractivity contribution < 1.29 is 4.79 Å². The highest BCUT2D eigenvalue weighted by Gasteiger charge is 2.12. The van der Waals surface area contributed by atoms with Crippen LogP contribution in [-0.4, -0.2) is 15.7 Å². The van der Waals surface area contributed by atoms with E-state index in [9.17, 15) is 4.79 Å². The van der Waals surface area contributed by atoms with Crippen molar-refractivity contribution in [3.8, 4) is 0 Å². The van der Waals surface area contributed by atoms with Gasteiger partial charge in [0.2, 0.25) is 5.91 Å². The van der Waals surface area contributed by atoms with Crippen LogP contribution >= 0.6 is 0 Å². The van der Waals surface area contributed by atoms with Gasteiger partial charge in [0, 0.05) is 18.7 Å². The first-order valence-electron chi connectivity index (χ1n) is 7.45. The molecule has 4 nitrogen and oxygen atoms in total. The lowest BCUT2D eigenvalue weighted by Gasteiger charge is -2.17. The Hall–Kier alpha value is -2.10. The lowest BCUT2D eigenvalue weighted by Crippen LogP contribution is -2.29. The quantitative estimate of drug-likeness (QED) is 0.886. The van der Waals surface area contributed by atoms with Crippen LogP contribution in [0.2, 0.25) is 0 Å². The van der Waals surface area contributed by atoms with E-state index in [1.54, 1.807) is 0 Å². The van der Waals surface area contributed by atoms with Gasteiger partial charge in [0.15, 0.2) is 0 Å². The third-order valence-corrected chi connectivity index (χ3v) is 3.60. The number of benzene rings is 1. The number of carbonyl (C=O) groups is 1. The van der Waals surface area contributed by atoms with Crippen LogP contribution in [0.1, 0.15) is 42.8 Å². The van der Waals surface area contributed by atoms with Gasteiger partial charge in [-0.15, -0.1) is 0 Å². The first kappa shape index (κ1) is 15.3. The molecule has 2 rings (SSSR count). The average molecular weight is 285 g/mol. The van der Waals surface area contributed by atoms with E-state index in [1.165, 1.54) is 0 Å². The number of aryl methyl sites for hydroxylation is 3. The van der Waals surface area contributed by atoms with E-state index in [4.69, 9.17) is 0 Å². The summed E-state index contributed by atoms with van der Waals surface area (Å²) < 4.78 is 1.89. The van der Waals surface area contributed by atoms with Crippen LogP contribution in [-0.2, 0) is 11.3 Å². The Morgan fingerprint density at radius 3 is 2.57 bits per heavy atom. The Kier molecular flexibility index (Phi) is 5.14. The third kappa shape index (κ3) is 4.18. The van der Waals surface area contributed by atoms with E-state index in [-0.39, 0.29) is 11.9 Å². The average Bonchev–Trinajstić information content (AvgIpc) is 2.81. The van der Waals surface area contributed by atoms with E-state index in [0.29, 0.717) is 13.0 Å². The molecule has 1 heterocycles. The van der Waals surface area contributed by atoms with Crippen molar-refractivity contribution >= 4 is 5.91 Å². The van der Waals surface area contributed by atoms with Crippen molar-refractivity contribution in [2.24, 2.45) is 0 Å². The van der Waals surface area contributed by atoms with Crippen LogP contribution in [0, 0.1) is 13.8 Å². The molecule has 0 saturated heterocycles. The molecular weight excluding hydrogens is 262 g/mol. The minimum atomic E-state index is 0.0678. The highest BCUT2D eigenvalue weighted by Crippen LogP contribution is 2.16. The molecule has 4 heteroatoms. The summed E-state index contributed by atoms with van der Waals surface area (Å²) >= 11 is 0. The van der Waals surface area contributed by atoms with Gasteiger partial charge in [-0.2, -0.15) is 5.10 Å². The molecule has 1 atom stereocenters. The maximum absolute atomic E-state index is 12.1. The molecule has 21 heavy (non-hydrogen) atoms. The normalized spacial score (nSPS) is 12.1. The molecule has 1 aromatic carbocycles. The molecule has 0 radical (unpaired) electrons. The predicted molar refractivity (Wildman–Crippen MR) is 83.9 cm³/mol. The topological polar surface area (TPSA) is 46.9 Å². The first-order chi connectivity index (χ1) is 10.1. The van der Waals surface area contributed by atoms with Crippen LogP contribution in [0.4, 0.5) is 0 Å². The van der Waals surface area contributed by atoms with E-state index in [0.717, 1.165) is 23.4 Å². The molecule has 0 aliphatic rings. The summed E-state index contributed by atoms with van der Waals surface area (Å²) in [4.78, 5) is 12.1. The summed E-state index contributed by atoms with van der Waals surface area (Å²) in [7, 11) is 0. The highest BCUT2D eigenvalue weighted by molar-refractivity contribution is 5.76. The number of aromatic nitrogens is 2. The Morgan fingerprint density at radius 1 is 1.29 bits per heavy atom. The van der Waals surface area contributed by atoms with Crippen LogP contribution < -0.4 is 5.32 Å². The standard InChI is InChI=1S/C17H23N3O/c1-4-16(15-8-6-5-7-9-15)18-17(21)10-11-20-14(3)12-13(2)19-20/h5-9,12,16H,4,10-11H2,1-3H3,(H,18,21)/t16-/m0/s1. The van der Waals surface area contributed by atoms with Gasteiger partial charge in [0.25, 0.3) is 0 Å². The largest absolute Gasteiger partial charge is 0.349 e. The van der Waals surface area contributed by atoms with Crippen molar-refractivity contribution in [3.05, 3.63) is 53.3 Å². The lowest BCUT2D eigenvalue weighted by atomic mass is 10.0. The van der Waals surface area contributed by atoms with Gasteiger partial charge in [-0.25, -0.2) is 0 Å². The molecule has 0 bridgehead atoms. The lowest BCUT2D eigenvalue weighted by molar-refractivity contribution is -0.122. The van der Waals surface area contributed by atoms with Crippen molar-refractivity contribution in [2.75, 3.05) is 0 Å². The minimum Gasteiger partial charge on any atom is -0.349 e. The van der Waals surface area contributed by atoms with E-state index >= 15 is 0 Å². The SMILES string of the molecule is CC[C@H](NC(=O)CCn1nc(C)cc1C)c1ccccc1. The van der Waals surface area contributed by atoms with Gasteiger partial charge in [-0.3, -0.25) is 9.48 Å². The van der Waals surface area contributed by atoms with Crippen molar-refractivity contribution in [2.45, 2.75) is 46.2 Å².